The first kappa shape index (κ1) is 15.6. The van der Waals surface area contributed by atoms with Crippen molar-refractivity contribution in [2.24, 2.45) is 0 Å². The maximum atomic E-state index is 12.6. The van der Waals surface area contributed by atoms with Gasteiger partial charge in [-0.3, -0.25) is 0 Å². The number of nitrogens with zero attached hydrogens (tertiary/aromatic N) is 1. The first-order chi connectivity index (χ1) is 8.24. The molecule has 1 rings (SSSR count). The molecule has 1 aromatic rings. The Morgan fingerprint density at radius 1 is 1.33 bits per heavy atom. The van der Waals surface area contributed by atoms with Gasteiger partial charge in [0.15, 0.2) is 0 Å². The van der Waals surface area contributed by atoms with Crippen molar-refractivity contribution in [2.75, 3.05) is 11.4 Å². The number of halogens is 5. The number of anilines is 1. The Bertz CT molecular complexity index is 407. The smallest absolute Gasteiger partial charge is 0.360 e. The second-order valence-electron chi connectivity index (χ2n) is 4.24. The summed E-state index contributed by atoms with van der Waals surface area (Å²) in [5, 5.41) is 0. The molecule has 0 N–H and O–H groups in total. The molecule has 102 valence electrons. The highest BCUT2D eigenvalue weighted by Gasteiger charge is 2.32. The van der Waals surface area contributed by atoms with Crippen LogP contribution in [0.4, 0.5) is 18.9 Å². The van der Waals surface area contributed by atoms with Crippen LogP contribution in [-0.4, -0.2) is 18.8 Å². The van der Waals surface area contributed by atoms with Crippen molar-refractivity contribution in [1.82, 2.24) is 0 Å². The second kappa shape index (κ2) is 6.15. The van der Waals surface area contributed by atoms with E-state index in [0.717, 1.165) is 4.47 Å². The Kier molecular flexibility index (Phi) is 5.34. The first-order valence-corrected chi connectivity index (χ1v) is 6.75. The molecule has 1 aromatic carbocycles. The molecule has 0 aromatic heterocycles. The van der Waals surface area contributed by atoms with E-state index < -0.39 is 12.7 Å². The summed E-state index contributed by atoms with van der Waals surface area (Å²) in [4.78, 5) is 1.31. The van der Waals surface area contributed by atoms with Gasteiger partial charge in [-0.05, 0) is 37.6 Å². The lowest BCUT2D eigenvalue weighted by atomic mass is 10.1. The van der Waals surface area contributed by atoms with Gasteiger partial charge >= 0.3 is 6.18 Å². The van der Waals surface area contributed by atoms with E-state index in [1.165, 1.54) is 4.90 Å². The molecule has 0 heterocycles. The third-order valence-electron chi connectivity index (χ3n) is 2.47. The fraction of sp³-hybridized carbons (Fsp3) is 0.500. The Morgan fingerprint density at radius 2 is 1.94 bits per heavy atom. The number of hydrogen-bond donors (Lipinski definition) is 0. The van der Waals surface area contributed by atoms with E-state index in [1.54, 1.807) is 32.0 Å². The van der Waals surface area contributed by atoms with Crippen LogP contribution in [0.3, 0.4) is 0 Å². The standard InChI is InChI=1S/C12H14BrClF3N/c1-8(2)18(7-12(15,16)17)11-4-3-10(13)5-9(11)6-14/h3-5,8H,6-7H2,1-2H3. The van der Waals surface area contributed by atoms with Gasteiger partial charge in [-0.2, -0.15) is 13.2 Å². The summed E-state index contributed by atoms with van der Waals surface area (Å²) in [5.41, 5.74) is 1.21. The third-order valence-corrected chi connectivity index (χ3v) is 3.25. The van der Waals surface area contributed by atoms with Gasteiger partial charge < -0.3 is 4.90 Å². The van der Waals surface area contributed by atoms with Crippen LogP contribution in [-0.2, 0) is 5.88 Å². The lowest BCUT2D eigenvalue weighted by molar-refractivity contribution is -0.120. The van der Waals surface area contributed by atoms with Gasteiger partial charge in [-0.25, -0.2) is 0 Å². The number of hydrogen-bond acceptors (Lipinski definition) is 1. The molecule has 0 fully saturated rings. The minimum Gasteiger partial charge on any atom is -0.360 e. The average molecular weight is 345 g/mol. The molecular formula is C12H14BrClF3N. The minimum absolute atomic E-state index is 0.176. The largest absolute Gasteiger partial charge is 0.405 e. The molecule has 0 atom stereocenters. The van der Waals surface area contributed by atoms with Gasteiger partial charge in [0.25, 0.3) is 0 Å². The van der Waals surface area contributed by atoms with Crippen LogP contribution in [0.25, 0.3) is 0 Å². The molecular weight excluding hydrogens is 330 g/mol. The Hall–Kier alpha value is -0.420. The molecule has 0 bridgehead atoms. The van der Waals surface area contributed by atoms with Gasteiger partial charge in [-0.1, -0.05) is 15.9 Å². The molecule has 1 nitrogen and oxygen atoms in total. The molecule has 0 radical (unpaired) electrons. The van der Waals surface area contributed by atoms with Crippen LogP contribution in [0, 0.1) is 0 Å². The van der Waals surface area contributed by atoms with E-state index in [-0.39, 0.29) is 11.9 Å². The summed E-state index contributed by atoms with van der Waals surface area (Å²) in [7, 11) is 0. The number of alkyl halides is 4. The Morgan fingerprint density at radius 3 is 2.39 bits per heavy atom. The van der Waals surface area contributed by atoms with Crippen molar-refractivity contribution < 1.29 is 13.2 Å². The lowest BCUT2D eigenvalue weighted by Gasteiger charge is -2.31. The van der Waals surface area contributed by atoms with Gasteiger partial charge in [-0.15, -0.1) is 11.6 Å². The van der Waals surface area contributed by atoms with Gasteiger partial charge in [0.2, 0.25) is 0 Å². The lowest BCUT2D eigenvalue weighted by Crippen LogP contribution is -2.39. The normalized spacial score (nSPS) is 12.0. The first-order valence-electron chi connectivity index (χ1n) is 5.42. The third kappa shape index (κ3) is 4.35. The fourth-order valence-electron chi connectivity index (χ4n) is 1.68. The molecule has 18 heavy (non-hydrogen) atoms. The molecule has 6 heteroatoms. The van der Waals surface area contributed by atoms with Crippen LogP contribution >= 0.6 is 27.5 Å². The molecule has 0 aliphatic carbocycles. The van der Waals surface area contributed by atoms with E-state index >= 15 is 0 Å². The van der Waals surface area contributed by atoms with Crippen LogP contribution in [0.5, 0.6) is 0 Å². The number of rotatable bonds is 4. The van der Waals surface area contributed by atoms with Gasteiger partial charge in [0.05, 0.1) is 0 Å². The molecule has 0 unspecified atom stereocenters. The van der Waals surface area contributed by atoms with Crippen molar-refractivity contribution in [3.63, 3.8) is 0 Å². The van der Waals surface area contributed by atoms with Crippen molar-refractivity contribution in [3.05, 3.63) is 28.2 Å². The highest BCUT2D eigenvalue weighted by molar-refractivity contribution is 9.10. The van der Waals surface area contributed by atoms with E-state index in [0.29, 0.717) is 11.3 Å². The summed E-state index contributed by atoms with van der Waals surface area (Å²) < 4.78 is 38.6. The molecule has 0 spiro atoms. The summed E-state index contributed by atoms with van der Waals surface area (Å²) in [6.45, 7) is 2.48. The van der Waals surface area contributed by atoms with E-state index in [2.05, 4.69) is 15.9 Å². The zero-order valence-corrected chi connectivity index (χ0v) is 12.4. The summed E-state index contributed by atoms with van der Waals surface area (Å²) in [6.07, 6.45) is -4.24. The quantitative estimate of drug-likeness (QED) is 0.697. The monoisotopic (exact) mass is 343 g/mol. The maximum Gasteiger partial charge on any atom is 0.405 e. The van der Waals surface area contributed by atoms with Crippen LogP contribution in [0.1, 0.15) is 19.4 Å². The molecule has 0 saturated carbocycles. The van der Waals surface area contributed by atoms with Crippen LogP contribution < -0.4 is 4.90 Å². The minimum atomic E-state index is -4.24. The van der Waals surface area contributed by atoms with E-state index in [9.17, 15) is 13.2 Å². The Balaban J connectivity index is 3.13. The Labute approximate surface area is 118 Å². The van der Waals surface area contributed by atoms with Crippen LogP contribution in [0.2, 0.25) is 0 Å². The van der Waals surface area contributed by atoms with Crippen molar-refractivity contribution >= 4 is 33.2 Å². The average Bonchev–Trinajstić information content (AvgIpc) is 2.24. The van der Waals surface area contributed by atoms with Crippen molar-refractivity contribution in [3.8, 4) is 0 Å². The molecule has 0 aliphatic heterocycles. The zero-order valence-electron chi connectivity index (χ0n) is 10.1. The predicted molar refractivity (Wildman–Crippen MR) is 72.2 cm³/mol. The van der Waals surface area contributed by atoms with Crippen LogP contribution in [0.15, 0.2) is 22.7 Å². The van der Waals surface area contributed by atoms with Gasteiger partial charge in [0, 0.05) is 22.1 Å². The number of benzene rings is 1. The molecule has 0 aliphatic rings. The highest BCUT2D eigenvalue weighted by Crippen LogP contribution is 2.30. The fourth-order valence-corrected chi connectivity index (χ4v) is 2.30. The highest BCUT2D eigenvalue weighted by atomic mass is 79.9. The molecule has 0 amide bonds. The topological polar surface area (TPSA) is 3.24 Å². The second-order valence-corrected chi connectivity index (χ2v) is 5.43. The van der Waals surface area contributed by atoms with Gasteiger partial charge in [0.1, 0.15) is 6.54 Å². The summed E-state index contributed by atoms with van der Waals surface area (Å²) in [5.74, 6) is 0.176. The SMILES string of the molecule is CC(C)N(CC(F)(F)F)c1ccc(Br)cc1CCl. The maximum absolute atomic E-state index is 12.6. The van der Waals surface area contributed by atoms with Crippen molar-refractivity contribution in [1.29, 1.82) is 0 Å². The predicted octanol–water partition coefficient (Wildman–Crippen LogP) is 4.97. The summed E-state index contributed by atoms with van der Waals surface area (Å²) >= 11 is 9.08. The van der Waals surface area contributed by atoms with E-state index in [4.69, 9.17) is 11.6 Å². The van der Waals surface area contributed by atoms with Crippen molar-refractivity contribution in [2.45, 2.75) is 31.9 Å². The molecule has 0 saturated heterocycles. The van der Waals surface area contributed by atoms with E-state index in [1.807, 2.05) is 0 Å². The zero-order chi connectivity index (χ0) is 13.9. The summed E-state index contributed by atoms with van der Waals surface area (Å²) in [6, 6.07) is 4.87.